The van der Waals surface area contributed by atoms with Gasteiger partial charge in [0, 0.05) is 17.5 Å². The number of nitrogens with zero attached hydrogens (tertiary/aromatic N) is 3. The Balaban J connectivity index is 2.63. The Kier molecular flexibility index (Phi) is 3.64. The van der Waals surface area contributed by atoms with E-state index in [4.69, 9.17) is 5.84 Å². The number of rotatable bonds is 4. The molecule has 0 aromatic carbocycles. The Morgan fingerprint density at radius 2 is 2.11 bits per heavy atom. The molecule has 3 N–H and O–H groups in total. The van der Waals surface area contributed by atoms with Crippen molar-refractivity contribution in [3.8, 4) is 0 Å². The lowest BCUT2D eigenvalue weighted by molar-refractivity contribution is 0.468. The highest BCUT2D eigenvalue weighted by Crippen LogP contribution is 2.34. The lowest BCUT2D eigenvalue weighted by Crippen LogP contribution is -2.41. The van der Waals surface area contributed by atoms with Crippen LogP contribution in [0.2, 0.25) is 0 Å². The van der Waals surface area contributed by atoms with Crippen LogP contribution >= 0.6 is 11.3 Å². The van der Waals surface area contributed by atoms with Crippen molar-refractivity contribution in [1.82, 2.24) is 9.97 Å². The van der Waals surface area contributed by atoms with Gasteiger partial charge in [-0.15, -0.1) is 11.3 Å². The predicted octanol–water partition coefficient (Wildman–Crippen LogP) is 2.91. The van der Waals surface area contributed by atoms with Crippen LogP contribution in [0, 0.1) is 6.92 Å². The molecule has 0 unspecified atom stereocenters. The molecule has 0 spiro atoms. The van der Waals surface area contributed by atoms with Crippen molar-refractivity contribution in [2.45, 2.75) is 39.7 Å². The SMILES string of the molecule is CCC(C)(C)N(C)c1nc(NN)nc2sc(C)cc12. The number of hydrogen-bond acceptors (Lipinski definition) is 6. The van der Waals surface area contributed by atoms with Crippen LogP contribution in [0.4, 0.5) is 11.8 Å². The molecule has 104 valence electrons. The normalized spacial score (nSPS) is 11.9. The Morgan fingerprint density at radius 3 is 2.68 bits per heavy atom. The maximum Gasteiger partial charge on any atom is 0.240 e. The third-order valence-corrected chi connectivity index (χ3v) is 4.66. The summed E-state index contributed by atoms with van der Waals surface area (Å²) in [5.74, 6) is 6.86. The fourth-order valence-corrected chi connectivity index (χ4v) is 2.75. The lowest BCUT2D eigenvalue weighted by atomic mass is 10.00. The molecule has 0 saturated heterocycles. The maximum atomic E-state index is 5.47. The van der Waals surface area contributed by atoms with Crippen molar-refractivity contribution in [1.29, 1.82) is 0 Å². The maximum absolute atomic E-state index is 5.47. The van der Waals surface area contributed by atoms with Crippen LogP contribution in [0.5, 0.6) is 0 Å². The van der Waals surface area contributed by atoms with Crippen LogP contribution in [0.1, 0.15) is 32.1 Å². The second-order valence-corrected chi connectivity index (χ2v) is 6.55. The summed E-state index contributed by atoms with van der Waals surface area (Å²) in [5, 5.41) is 1.09. The van der Waals surface area contributed by atoms with Crippen molar-refractivity contribution in [3.63, 3.8) is 0 Å². The molecule has 0 radical (unpaired) electrons. The van der Waals surface area contributed by atoms with Crippen LogP contribution in [-0.2, 0) is 0 Å². The van der Waals surface area contributed by atoms with Gasteiger partial charge in [0.1, 0.15) is 10.6 Å². The molecule has 0 aliphatic rings. The highest BCUT2D eigenvalue weighted by molar-refractivity contribution is 7.18. The summed E-state index contributed by atoms with van der Waals surface area (Å²) in [7, 11) is 2.07. The molecule has 0 atom stereocenters. The molecule has 0 amide bonds. The fourth-order valence-electron chi connectivity index (χ4n) is 1.87. The average Bonchev–Trinajstić information content (AvgIpc) is 2.76. The fraction of sp³-hybridized carbons (Fsp3) is 0.538. The molecule has 2 aromatic rings. The van der Waals surface area contributed by atoms with Gasteiger partial charge in [0.2, 0.25) is 5.95 Å². The Morgan fingerprint density at radius 1 is 1.42 bits per heavy atom. The zero-order valence-corrected chi connectivity index (χ0v) is 12.9. The van der Waals surface area contributed by atoms with Gasteiger partial charge in [-0.05, 0) is 33.3 Å². The number of thiophene rings is 1. The van der Waals surface area contributed by atoms with E-state index in [1.165, 1.54) is 4.88 Å². The van der Waals surface area contributed by atoms with E-state index >= 15 is 0 Å². The Bertz CT molecular complexity index is 590. The van der Waals surface area contributed by atoms with Gasteiger partial charge in [0.15, 0.2) is 0 Å². The van der Waals surface area contributed by atoms with Crippen molar-refractivity contribution in [2.24, 2.45) is 5.84 Å². The van der Waals surface area contributed by atoms with Gasteiger partial charge in [-0.25, -0.2) is 10.8 Å². The summed E-state index contributed by atoms with van der Waals surface area (Å²) in [5.41, 5.74) is 2.58. The van der Waals surface area contributed by atoms with Crippen molar-refractivity contribution < 1.29 is 0 Å². The zero-order chi connectivity index (χ0) is 14.2. The molecular weight excluding hydrogens is 258 g/mol. The molecule has 5 nitrogen and oxygen atoms in total. The van der Waals surface area contributed by atoms with Gasteiger partial charge in [-0.2, -0.15) is 4.98 Å². The third-order valence-electron chi connectivity index (χ3n) is 3.72. The molecular formula is C13H21N5S. The molecule has 0 bridgehead atoms. The van der Waals surface area contributed by atoms with E-state index < -0.39 is 0 Å². The number of aromatic nitrogens is 2. The van der Waals surface area contributed by atoms with Crippen molar-refractivity contribution >= 4 is 33.3 Å². The third kappa shape index (κ3) is 2.50. The summed E-state index contributed by atoms with van der Waals surface area (Å²) < 4.78 is 0. The number of aryl methyl sites for hydroxylation is 1. The quantitative estimate of drug-likeness (QED) is 0.665. The molecule has 19 heavy (non-hydrogen) atoms. The molecule has 6 heteroatoms. The van der Waals surface area contributed by atoms with Crippen LogP contribution in [0.3, 0.4) is 0 Å². The highest BCUT2D eigenvalue weighted by atomic mass is 32.1. The summed E-state index contributed by atoms with van der Waals surface area (Å²) in [6.07, 6.45) is 1.03. The summed E-state index contributed by atoms with van der Waals surface area (Å²) in [6.45, 7) is 8.66. The van der Waals surface area contributed by atoms with E-state index in [2.05, 4.69) is 61.1 Å². The Hall–Kier alpha value is -1.40. The number of nitrogen functional groups attached to an aromatic ring is 1. The van der Waals surface area contributed by atoms with Crippen LogP contribution < -0.4 is 16.2 Å². The number of anilines is 2. The molecule has 2 heterocycles. The number of nitrogens with one attached hydrogen (secondary N) is 1. The topological polar surface area (TPSA) is 67.1 Å². The van der Waals surface area contributed by atoms with Crippen LogP contribution in [0.25, 0.3) is 10.2 Å². The summed E-state index contributed by atoms with van der Waals surface area (Å²) in [4.78, 5) is 13.3. The van der Waals surface area contributed by atoms with Gasteiger partial charge in [0.25, 0.3) is 0 Å². The minimum absolute atomic E-state index is 0.0307. The van der Waals surface area contributed by atoms with Gasteiger partial charge in [-0.3, -0.25) is 5.43 Å². The Labute approximate surface area is 117 Å². The second-order valence-electron chi connectivity index (χ2n) is 5.32. The van der Waals surface area contributed by atoms with Crippen LogP contribution in [-0.4, -0.2) is 22.6 Å². The van der Waals surface area contributed by atoms with E-state index in [0.29, 0.717) is 5.95 Å². The van der Waals surface area contributed by atoms with Gasteiger partial charge in [-0.1, -0.05) is 6.92 Å². The van der Waals surface area contributed by atoms with E-state index in [1.807, 2.05) is 0 Å². The molecule has 0 saturated carbocycles. The van der Waals surface area contributed by atoms with Crippen molar-refractivity contribution in [3.05, 3.63) is 10.9 Å². The van der Waals surface area contributed by atoms with E-state index in [9.17, 15) is 0 Å². The summed E-state index contributed by atoms with van der Waals surface area (Å²) >= 11 is 1.66. The molecule has 2 aromatic heterocycles. The molecule has 0 aliphatic carbocycles. The first kappa shape index (κ1) is 14.0. The number of fused-ring (bicyclic) bond motifs is 1. The first-order chi connectivity index (χ1) is 8.89. The zero-order valence-electron chi connectivity index (χ0n) is 12.1. The number of hydrazine groups is 1. The van der Waals surface area contributed by atoms with E-state index in [0.717, 1.165) is 22.5 Å². The standard InChI is InChI=1S/C13H21N5S/c1-6-13(3,4)18(5)10-9-7-8(2)19-11(9)16-12(15-10)17-14/h7H,6,14H2,1-5H3,(H,15,16,17). The summed E-state index contributed by atoms with van der Waals surface area (Å²) in [6, 6.07) is 2.14. The predicted molar refractivity (Wildman–Crippen MR) is 82.7 cm³/mol. The monoisotopic (exact) mass is 279 g/mol. The van der Waals surface area contributed by atoms with Gasteiger partial charge >= 0.3 is 0 Å². The minimum atomic E-state index is 0.0307. The van der Waals surface area contributed by atoms with Crippen LogP contribution in [0.15, 0.2) is 6.07 Å². The van der Waals surface area contributed by atoms with Gasteiger partial charge in [0.05, 0.1) is 5.39 Å². The highest BCUT2D eigenvalue weighted by Gasteiger charge is 2.25. The lowest BCUT2D eigenvalue weighted by Gasteiger charge is -2.36. The second kappa shape index (κ2) is 4.94. The minimum Gasteiger partial charge on any atom is -0.354 e. The van der Waals surface area contributed by atoms with E-state index in [1.54, 1.807) is 11.3 Å². The average molecular weight is 279 g/mol. The first-order valence-corrected chi connectivity index (χ1v) is 7.19. The first-order valence-electron chi connectivity index (χ1n) is 6.37. The van der Waals surface area contributed by atoms with Crippen molar-refractivity contribution in [2.75, 3.05) is 17.4 Å². The smallest absolute Gasteiger partial charge is 0.240 e. The van der Waals surface area contributed by atoms with Gasteiger partial charge < -0.3 is 4.90 Å². The number of hydrogen-bond donors (Lipinski definition) is 2. The molecule has 0 fully saturated rings. The van der Waals surface area contributed by atoms with E-state index in [-0.39, 0.29) is 5.54 Å². The largest absolute Gasteiger partial charge is 0.354 e. The molecule has 0 aliphatic heterocycles. The number of nitrogens with two attached hydrogens (primary N) is 1. The molecule has 2 rings (SSSR count).